The van der Waals surface area contributed by atoms with E-state index in [4.69, 9.17) is 0 Å². The molecule has 2 N–H and O–H groups in total. The third-order valence-electron chi connectivity index (χ3n) is 4.00. The van der Waals surface area contributed by atoms with Crippen LogP contribution in [0.25, 0.3) is 0 Å². The van der Waals surface area contributed by atoms with Crippen LogP contribution in [0, 0.1) is 6.92 Å². The predicted octanol–water partition coefficient (Wildman–Crippen LogP) is 3.27. The summed E-state index contributed by atoms with van der Waals surface area (Å²) in [6, 6.07) is 11.0. The van der Waals surface area contributed by atoms with Gasteiger partial charge in [0, 0.05) is 36.2 Å². The molecule has 1 aromatic carbocycles. The molecule has 0 spiro atoms. The van der Waals surface area contributed by atoms with E-state index in [2.05, 4.69) is 15.8 Å². The standard InChI is InChI=1S/C19H19N3O3S/c1-12-2-9-17(26-12)16(23)8-11-18(24)20-14-5-3-13(4-6-14)15-7-10-19(25)22-21-15/h2-6,9H,7-8,10-11H2,1H3,(H,20,24)(H,22,25). The van der Waals surface area contributed by atoms with Crippen LogP contribution in [0.1, 0.15) is 45.8 Å². The van der Waals surface area contributed by atoms with Crippen molar-refractivity contribution in [1.29, 1.82) is 0 Å². The first kappa shape index (κ1) is 18.0. The van der Waals surface area contributed by atoms with Gasteiger partial charge in [-0.25, -0.2) is 5.43 Å². The Hall–Kier alpha value is -2.80. The van der Waals surface area contributed by atoms with Crippen molar-refractivity contribution < 1.29 is 14.4 Å². The van der Waals surface area contributed by atoms with Gasteiger partial charge >= 0.3 is 0 Å². The molecule has 0 saturated heterocycles. The minimum absolute atomic E-state index is 0.00837. The fourth-order valence-corrected chi connectivity index (χ4v) is 3.42. The molecule has 2 amide bonds. The summed E-state index contributed by atoms with van der Waals surface area (Å²) in [5.41, 5.74) is 4.86. The summed E-state index contributed by atoms with van der Waals surface area (Å²) >= 11 is 1.45. The lowest BCUT2D eigenvalue weighted by molar-refractivity contribution is -0.121. The van der Waals surface area contributed by atoms with Gasteiger partial charge in [-0.05, 0) is 36.8 Å². The molecule has 1 aliphatic heterocycles. The Balaban J connectivity index is 1.51. The number of carbonyl (C=O) groups is 3. The van der Waals surface area contributed by atoms with Gasteiger partial charge in [0.2, 0.25) is 11.8 Å². The molecule has 6 nitrogen and oxygen atoms in total. The molecule has 0 saturated carbocycles. The van der Waals surface area contributed by atoms with Gasteiger partial charge < -0.3 is 5.32 Å². The zero-order valence-corrected chi connectivity index (χ0v) is 15.2. The maximum Gasteiger partial charge on any atom is 0.240 e. The number of Topliss-reactive ketones (excluding diaryl/α,β-unsaturated/α-hetero) is 1. The third kappa shape index (κ3) is 4.64. The van der Waals surface area contributed by atoms with Gasteiger partial charge in [-0.2, -0.15) is 5.10 Å². The summed E-state index contributed by atoms with van der Waals surface area (Å²) in [5, 5.41) is 6.84. The number of aryl methyl sites for hydroxylation is 1. The normalized spacial score (nSPS) is 13.7. The predicted molar refractivity (Wildman–Crippen MR) is 102 cm³/mol. The number of hydrogen-bond acceptors (Lipinski definition) is 5. The maximum atomic E-state index is 12.0. The van der Waals surface area contributed by atoms with E-state index in [0.717, 1.165) is 16.2 Å². The minimum Gasteiger partial charge on any atom is -0.326 e. The number of amides is 2. The molecular weight excluding hydrogens is 350 g/mol. The molecule has 0 unspecified atom stereocenters. The van der Waals surface area contributed by atoms with Crippen molar-refractivity contribution in [2.24, 2.45) is 5.10 Å². The van der Waals surface area contributed by atoms with Gasteiger partial charge in [0.15, 0.2) is 5.78 Å². The van der Waals surface area contributed by atoms with Crippen LogP contribution in [0.15, 0.2) is 41.5 Å². The molecule has 0 fully saturated rings. The quantitative estimate of drug-likeness (QED) is 0.766. The molecule has 134 valence electrons. The Bertz CT molecular complexity index is 868. The van der Waals surface area contributed by atoms with Crippen molar-refractivity contribution in [1.82, 2.24) is 5.43 Å². The van der Waals surface area contributed by atoms with E-state index in [1.165, 1.54) is 11.3 Å². The highest BCUT2D eigenvalue weighted by Crippen LogP contribution is 2.18. The molecule has 0 radical (unpaired) electrons. The monoisotopic (exact) mass is 369 g/mol. The van der Waals surface area contributed by atoms with E-state index < -0.39 is 0 Å². The fourth-order valence-electron chi connectivity index (χ4n) is 2.59. The van der Waals surface area contributed by atoms with Crippen LogP contribution in [0.4, 0.5) is 5.69 Å². The number of hydrazone groups is 1. The van der Waals surface area contributed by atoms with E-state index in [1.54, 1.807) is 18.2 Å². The Morgan fingerprint density at radius 1 is 1.12 bits per heavy atom. The van der Waals surface area contributed by atoms with Gasteiger partial charge in [-0.3, -0.25) is 14.4 Å². The molecule has 7 heteroatoms. The Morgan fingerprint density at radius 2 is 1.88 bits per heavy atom. The summed E-state index contributed by atoms with van der Waals surface area (Å²) in [4.78, 5) is 37.0. The highest BCUT2D eigenvalue weighted by Gasteiger charge is 2.14. The van der Waals surface area contributed by atoms with E-state index in [0.29, 0.717) is 23.4 Å². The molecule has 1 aliphatic rings. The lowest BCUT2D eigenvalue weighted by Gasteiger charge is -2.12. The third-order valence-corrected chi connectivity index (χ3v) is 5.04. The number of carbonyl (C=O) groups excluding carboxylic acids is 3. The molecular formula is C19H19N3O3S. The van der Waals surface area contributed by atoms with Gasteiger partial charge in [0.05, 0.1) is 10.6 Å². The maximum absolute atomic E-state index is 12.0. The average molecular weight is 369 g/mol. The highest BCUT2D eigenvalue weighted by molar-refractivity contribution is 7.14. The van der Waals surface area contributed by atoms with Crippen LogP contribution in [0.5, 0.6) is 0 Å². The number of rotatable bonds is 6. The van der Waals surface area contributed by atoms with E-state index >= 15 is 0 Å². The largest absolute Gasteiger partial charge is 0.326 e. The van der Waals surface area contributed by atoms with Crippen LogP contribution >= 0.6 is 11.3 Å². The summed E-state index contributed by atoms with van der Waals surface area (Å²) in [7, 11) is 0. The number of nitrogens with one attached hydrogen (secondary N) is 2. The zero-order chi connectivity index (χ0) is 18.5. The van der Waals surface area contributed by atoms with Gasteiger partial charge in [-0.15, -0.1) is 11.3 Å². The molecule has 0 bridgehead atoms. The summed E-state index contributed by atoms with van der Waals surface area (Å²) in [6.07, 6.45) is 1.37. The topological polar surface area (TPSA) is 87.6 Å². The first-order chi connectivity index (χ1) is 12.5. The van der Waals surface area contributed by atoms with E-state index in [1.807, 2.05) is 25.1 Å². The van der Waals surface area contributed by atoms with Gasteiger partial charge in [0.1, 0.15) is 0 Å². The summed E-state index contributed by atoms with van der Waals surface area (Å²) in [6.45, 7) is 1.95. The molecule has 2 heterocycles. The zero-order valence-electron chi connectivity index (χ0n) is 14.4. The number of ketones is 1. The Labute approximate surface area is 155 Å². The van der Waals surface area contributed by atoms with E-state index in [-0.39, 0.29) is 30.4 Å². The van der Waals surface area contributed by atoms with Gasteiger partial charge in [-0.1, -0.05) is 12.1 Å². The van der Waals surface area contributed by atoms with Crippen molar-refractivity contribution in [3.05, 3.63) is 51.7 Å². The Morgan fingerprint density at radius 3 is 2.50 bits per heavy atom. The molecule has 0 aliphatic carbocycles. The number of hydrogen-bond donors (Lipinski definition) is 2. The van der Waals surface area contributed by atoms with Crippen molar-refractivity contribution in [3.63, 3.8) is 0 Å². The molecule has 3 rings (SSSR count). The van der Waals surface area contributed by atoms with Crippen LogP contribution in [0.3, 0.4) is 0 Å². The van der Waals surface area contributed by atoms with Crippen LogP contribution in [-0.2, 0) is 9.59 Å². The average Bonchev–Trinajstić information content (AvgIpc) is 3.08. The van der Waals surface area contributed by atoms with Crippen LogP contribution in [-0.4, -0.2) is 23.3 Å². The smallest absolute Gasteiger partial charge is 0.240 e. The molecule has 0 atom stereocenters. The second-order valence-corrected chi connectivity index (χ2v) is 7.34. The fraction of sp³-hybridized carbons (Fsp3) is 0.263. The first-order valence-corrected chi connectivity index (χ1v) is 9.18. The number of nitrogens with zero attached hydrogens (tertiary/aromatic N) is 1. The second kappa shape index (κ2) is 8.05. The molecule has 26 heavy (non-hydrogen) atoms. The van der Waals surface area contributed by atoms with Crippen LogP contribution in [0.2, 0.25) is 0 Å². The summed E-state index contributed by atoms with van der Waals surface area (Å²) in [5.74, 6) is -0.280. The van der Waals surface area contributed by atoms with Crippen molar-refractivity contribution in [2.75, 3.05) is 5.32 Å². The van der Waals surface area contributed by atoms with Crippen LogP contribution < -0.4 is 10.7 Å². The summed E-state index contributed by atoms with van der Waals surface area (Å²) < 4.78 is 0. The van der Waals surface area contributed by atoms with Crippen molar-refractivity contribution in [3.8, 4) is 0 Å². The number of benzene rings is 1. The lowest BCUT2D eigenvalue weighted by Crippen LogP contribution is -2.25. The van der Waals surface area contributed by atoms with Gasteiger partial charge in [0.25, 0.3) is 0 Å². The Kier molecular flexibility index (Phi) is 5.58. The minimum atomic E-state index is -0.193. The van der Waals surface area contributed by atoms with E-state index in [9.17, 15) is 14.4 Å². The number of anilines is 1. The molecule has 1 aromatic heterocycles. The number of thiophene rings is 1. The lowest BCUT2D eigenvalue weighted by atomic mass is 10.0. The molecule has 2 aromatic rings. The highest BCUT2D eigenvalue weighted by atomic mass is 32.1. The van der Waals surface area contributed by atoms with Crippen molar-refractivity contribution in [2.45, 2.75) is 32.6 Å². The SMILES string of the molecule is Cc1ccc(C(=O)CCC(=O)Nc2ccc(C3=NNC(=O)CC3)cc2)s1. The first-order valence-electron chi connectivity index (χ1n) is 8.36. The second-order valence-electron chi connectivity index (χ2n) is 6.05. The van der Waals surface area contributed by atoms with Crippen molar-refractivity contribution >= 4 is 40.3 Å².